The molecule has 0 aliphatic carbocycles. The van der Waals surface area contributed by atoms with Crippen LogP contribution in [0.3, 0.4) is 0 Å². The number of nitrogens with two attached hydrogens (primary N) is 1. The van der Waals surface area contributed by atoms with Crippen LogP contribution >= 0.6 is 12.4 Å². The number of ether oxygens (including phenoxy) is 1. The maximum absolute atomic E-state index is 12.2. The van der Waals surface area contributed by atoms with Gasteiger partial charge in [-0.1, -0.05) is 0 Å². The molecule has 1 aromatic carbocycles. The summed E-state index contributed by atoms with van der Waals surface area (Å²) in [4.78, 5) is 12.2. The van der Waals surface area contributed by atoms with E-state index in [9.17, 15) is 4.79 Å². The van der Waals surface area contributed by atoms with Crippen LogP contribution in [0.4, 0.5) is 5.69 Å². The van der Waals surface area contributed by atoms with Gasteiger partial charge < -0.3 is 15.8 Å². The lowest BCUT2D eigenvalue weighted by Crippen LogP contribution is -2.43. The van der Waals surface area contributed by atoms with Gasteiger partial charge in [-0.05, 0) is 37.0 Å². The summed E-state index contributed by atoms with van der Waals surface area (Å²) >= 11 is 0. The molecule has 1 saturated heterocycles. The van der Waals surface area contributed by atoms with Gasteiger partial charge >= 0.3 is 0 Å². The van der Waals surface area contributed by atoms with Crippen molar-refractivity contribution >= 4 is 34.9 Å². The van der Waals surface area contributed by atoms with E-state index >= 15 is 0 Å². The number of halogens is 1. The van der Waals surface area contributed by atoms with Gasteiger partial charge in [0.25, 0.3) is 0 Å². The van der Waals surface area contributed by atoms with Crippen LogP contribution < -0.4 is 11.1 Å². The first-order valence-corrected chi connectivity index (χ1v) is 6.81. The number of hydrogen-bond donors (Lipinski definition) is 3. The summed E-state index contributed by atoms with van der Waals surface area (Å²) < 4.78 is 5.29. The average Bonchev–Trinajstić information content (AvgIpc) is 2.95. The van der Waals surface area contributed by atoms with Gasteiger partial charge in [0.1, 0.15) is 0 Å². The molecule has 1 unspecified atom stereocenters. The zero-order valence-electron chi connectivity index (χ0n) is 11.5. The molecule has 2 heterocycles. The molecule has 1 aliphatic heterocycles. The highest BCUT2D eigenvalue weighted by Gasteiger charge is 2.26. The van der Waals surface area contributed by atoms with E-state index in [0.29, 0.717) is 13.2 Å². The third-order valence-corrected chi connectivity index (χ3v) is 3.78. The highest BCUT2D eigenvalue weighted by molar-refractivity contribution is 5.96. The summed E-state index contributed by atoms with van der Waals surface area (Å²) in [6.07, 6.45) is 3.41. The van der Waals surface area contributed by atoms with Crippen molar-refractivity contribution in [3.8, 4) is 0 Å². The van der Waals surface area contributed by atoms with Crippen LogP contribution in [0.1, 0.15) is 12.8 Å². The standard InChI is InChI=1S/C14H18N4O2.ClH/c15-13(9-3-5-20-6-4-9)14(19)17-11-1-2-12-10(7-11)8-16-18-12;/h1-2,7-9,13H,3-6,15H2,(H,16,18)(H,17,19);1H. The minimum absolute atomic E-state index is 0. The largest absolute Gasteiger partial charge is 0.381 e. The van der Waals surface area contributed by atoms with E-state index in [4.69, 9.17) is 10.5 Å². The van der Waals surface area contributed by atoms with Crippen molar-refractivity contribution in [2.45, 2.75) is 18.9 Å². The molecular formula is C14H19ClN4O2. The third kappa shape index (κ3) is 3.53. The number of anilines is 1. The van der Waals surface area contributed by atoms with Crippen LogP contribution in [0.2, 0.25) is 0 Å². The van der Waals surface area contributed by atoms with Crippen molar-refractivity contribution < 1.29 is 9.53 Å². The molecule has 1 amide bonds. The number of nitrogens with zero attached hydrogens (tertiary/aromatic N) is 1. The number of benzene rings is 1. The average molecular weight is 311 g/mol. The number of carbonyl (C=O) groups is 1. The van der Waals surface area contributed by atoms with Crippen molar-refractivity contribution in [2.24, 2.45) is 11.7 Å². The topological polar surface area (TPSA) is 93.0 Å². The normalized spacial score (nSPS) is 17.2. The zero-order chi connectivity index (χ0) is 13.9. The Bertz CT molecular complexity index is 610. The lowest BCUT2D eigenvalue weighted by molar-refractivity contribution is -0.119. The molecule has 6 nitrogen and oxygen atoms in total. The number of H-pyrrole nitrogens is 1. The first kappa shape index (κ1) is 15.8. The molecule has 3 rings (SSSR count). The van der Waals surface area contributed by atoms with Crippen LogP contribution in [-0.2, 0) is 9.53 Å². The number of nitrogens with one attached hydrogen (secondary N) is 2. The molecule has 0 saturated carbocycles. The highest BCUT2D eigenvalue weighted by atomic mass is 35.5. The Morgan fingerprint density at radius 1 is 1.43 bits per heavy atom. The van der Waals surface area contributed by atoms with E-state index in [2.05, 4.69) is 15.5 Å². The second-order valence-corrected chi connectivity index (χ2v) is 5.14. The monoisotopic (exact) mass is 310 g/mol. The minimum atomic E-state index is -0.487. The van der Waals surface area contributed by atoms with Crippen LogP contribution in [-0.4, -0.2) is 35.4 Å². The fourth-order valence-electron chi connectivity index (χ4n) is 2.54. The number of aromatic nitrogens is 2. The predicted octanol–water partition coefficient (Wildman–Crippen LogP) is 1.68. The second-order valence-electron chi connectivity index (χ2n) is 5.14. The van der Waals surface area contributed by atoms with Gasteiger partial charge in [0.2, 0.25) is 5.91 Å². The summed E-state index contributed by atoms with van der Waals surface area (Å²) in [7, 11) is 0. The minimum Gasteiger partial charge on any atom is -0.381 e. The Balaban J connectivity index is 0.00000161. The van der Waals surface area contributed by atoms with E-state index in [1.807, 2.05) is 18.2 Å². The molecule has 1 aromatic heterocycles. The Morgan fingerprint density at radius 2 is 2.19 bits per heavy atom. The summed E-state index contributed by atoms with van der Waals surface area (Å²) in [6, 6.07) is 5.12. The highest BCUT2D eigenvalue weighted by Crippen LogP contribution is 2.20. The smallest absolute Gasteiger partial charge is 0.241 e. The fraction of sp³-hybridized carbons (Fsp3) is 0.429. The first-order valence-electron chi connectivity index (χ1n) is 6.81. The van der Waals surface area contributed by atoms with E-state index in [1.165, 1.54) is 0 Å². The zero-order valence-corrected chi connectivity index (χ0v) is 12.4. The lowest BCUT2D eigenvalue weighted by atomic mass is 9.92. The molecule has 114 valence electrons. The van der Waals surface area contributed by atoms with Gasteiger partial charge in [-0.25, -0.2) is 0 Å². The Labute approximate surface area is 128 Å². The maximum atomic E-state index is 12.2. The van der Waals surface area contributed by atoms with Gasteiger partial charge in [0.05, 0.1) is 17.8 Å². The fourth-order valence-corrected chi connectivity index (χ4v) is 2.54. The number of aromatic amines is 1. The van der Waals surface area contributed by atoms with Gasteiger partial charge in [-0.2, -0.15) is 5.10 Å². The van der Waals surface area contributed by atoms with Crippen molar-refractivity contribution in [1.82, 2.24) is 10.2 Å². The third-order valence-electron chi connectivity index (χ3n) is 3.78. The molecule has 7 heteroatoms. The van der Waals surface area contributed by atoms with Gasteiger partial charge in [0, 0.05) is 24.3 Å². The summed E-state index contributed by atoms with van der Waals surface area (Å²) in [6.45, 7) is 1.37. The number of fused-ring (bicyclic) bond motifs is 1. The molecule has 0 radical (unpaired) electrons. The predicted molar refractivity (Wildman–Crippen MR) is 83.5 cm³/mol. The molecule has 1 atom stereocenters. The number of carbonyl (C=O) groups excluding carboxylic acids is 1. The molecule has 1 fully saturated rings. The second kappa shape index (κ2) is 6.89. The van der Waals surface area contributed by atoms with Crippen LogP contribution in [0, 0.1) is 5.92 Å². The molecule has 0 spiro atoms. The van der Waals surface area contributed by atoms with Gasteiger partial charge in [0.15, 0.2) is 0 Å². The molecule has 0 bridgehead atoms. The summed E-state index contributed by atoms with van der Waals surface area (Å²) in [5.41, 5.74) is 7.73. The van der Waals surface area contributed by atoms with E-state index < -0.39 is 6.04 Å². The molecule has 1 aliphatic rings. The number of hydrogen-bond acceptors (Lipinski definition) is 4. The number of rotatable bonds is 3. The van der Waals surface area contributed by atoms with E-state index in [0.717, 1.165) is 29.4 Å². The van der Waals surface area contributed by atoms with Crippen LogP contribution in [0.25, 0.3) is 10.9 Å². The Kier molecular flexibility index (Phi) is 5.17. The van der Waals surface area contributed by atoms with Gasteiger partial charge in [-0.3, -0.25) is 9.89 Å². The molecular weight excluding hydrogens is 292 g/mol. The van der Waals surface area contributed by atoms with E-state index in [-0.39, 0.29) is 24.2 Å². The summed E-state index contributed by atoms with van der Waals surface area (Å²) in [5.74, 6) is 0.0566. The van der Waals surface area contributed by atoms with Crippen LogP contribution in [0.5, 0.6) is 0 Å². The molecule has 2 aromatic rings. The molecule has 21 heavy (non-hydrogen) atoms. The Morgan fingerprint density at radius 3 is 2.95 bits per heavy atom. The summed E-state index contributed by atoms with van der Waals surface area (Å²) in [5, 5.41) is 10.7. The first-order chi connectivity index (χ1) is 9.74. The Hall–Kier alpha value is -1.63. The van der Waals surface area contributed by atoms with Crippen molar-refractivity contribution in [2.75, 3.05) is 18.5 Å². The van der Waals surface area contributed by atoms with Crippen molar-refractivity contribution in [3.05, 3.63) is 24.4 Å². The number of amides is 1. The SMILES string of the molecule is Cl.NC(C(=O)Nc1ccc2[nH]ncc2c1)C1CCOCC1. The van der Waals surface area contributed by atoms with Gasteiger partial charge in [-0.15, -0.1) is 12.4 Å². The molecule has 4 N–H and O–H groups in total. The van der Waals surface area contributed by atoms with Crippen LogP contribution in [0.15, 0.2) is 24.4 Å². The van der Waals surface area contributed by atoms with Crippen molar-refractivity contribution in [3.63, 3.8) is 0 Å². The van der Waals surface area contributed by atoms with Crippen molar-refractivity contribution in [1.29, 1.82) is 0 Å². The maximum Gasteiger partial charge on any atom is 0.241 e. The lowest BCUT2D eigenvalue weighted by Gasteiger charge is -2.26. The van der Waals surface area contributed by atoms with E-state index in [1.54, 1.807) is 6.20 Å². The quantitative estimate of drug-likeness (QED) is 0.804.